The molecule has 1 aromatic rings. The van der Waals surface area contributed by atoms with Crippen molar-refractivity contribution in [2.24, 2.45) is 0 Å². The van der Waals surface area contributed by atoms with Gasteiger partial charge in [-0.3, -0.25) is 4.79 Å². The maximum Gasteiger partial charge on any atom is 0.167 e. The number of rotatable bonds is 1. The van der Waals surface area contributed by atoms with Gasteiger partial charge in [0, 0.05) is 29.6 Å². The van der Waals surface area contributed by atoms with Crippen LogP contribution in [0.5, 0.6) is 0 Å². The second-order valence-electron chi connectivity index (χ2n) is 4.09. The summed E-state index contributed by atoms with van der Waals surface area (Å²) >= 11 is 0. The Morgan fingerprint density at radius 1 is 1.12 bits per heavy atom. The number of hydrogen-bond donors (Lipinski definition) is 1. The summed E-state index contributed by atoms with van der Waals surface area (Å²) in [5.41, 5.74) is 1.76. The largest absolute Gasteiger partial charge is 0.381 e. The highest BCUT2D eigenvalue weighted by Crippen LogP contribution is 2.34. The van der Waals surface area contributed by atoms with Crippen LogP contribution in [0, 0.1) is 31.6 Å². The van der Waals surface area contributed by atoms with Crippen LogP contribution in [0.1, 0.15) is 16.8 Å². The average Bonchev–Trinajstić information content (AvgIpc) is 2.82. The van der Waals surface area contributed by atoms with Crippen molar-refractivity contribution in [3.63, 3.8) is 0 Å². The van der Waals surface area contributed by atoms with Gasteiger partial charge in [0.05, 0.1) is 0 Å². The van der Waals surface area contributed by atoms with Crippen molar-refractivity contribution >= 4 is 11.5 Å². The van der Waals surface area contributed by atoms with E-state index in [-0.39, 0.29) is 11.8 Å². The number of hydrogen-bond acceptors (Lipinski definition) is 2. The molecule has 1 heterocycles. The summed E-state index contributed by atoms with van der Waals surface area (Å²) in [4.78, 5) is 12.0. The molecule has 1 N–H and O–H groups in total. The third kappa shape index (κ3) is 1.62. The van der Waals surface area contributed by atoms with Crippen LogP contribution < -0.4 is 5.32 Å². The molecule has 1 atom stereocenters. The van der Waals surface area contributed by atoms with E-state index in [1.165, 1.54) is 5.92 Å². The lowest BCUT2D eigenvalue weighted by molar-refractivity contribution is 0.0974. The topological polar surface area (TPSA) is 29.1 Å². The Kier molecular flexibility index (Phi) is 2.43. The fourth-order valence-corrected chi connectivity index (χ4v) is 2.21. The van der Waals surface area contributed by atoms with Gasteiger partial charge in [0.25, 0.3) is 0 Å². The van der Waals surface area contributed by atoms with E-state index in [0.717, 1.165) is 11.3 Å². The van der Waals surface area contributed by atoms with Crippen molar-refractivity contribution in [2.75, 3.05) is 5.32 Å². The molecule has 2 heteroatoms. The van der Waals surface area contributed by atoms with Crippen LogP contribution in [-0.4, -0.2) is 11.8 Å². The molecule has 3 rings (SSSR count). The second kappa shape index (κ2) is 3.93. The van der Waals surface area contributed by atoms with Crippen LogP contribution in [0.4, 0.5) is 5.69 Å². The number of carbonyl (C=O) groups excluding carboxylic acids is 1. The average molecular weight is 210 g/mol. The first-order valence-electron chi connectivity index (χ1n) is 5.45. The number of ketones is 1. The summed E-state index contributed by atoms with van der Waals surface area (Å²) < 4.78 is 0. The van der Waals surface area contributed by atoms with Gasteiger partial charge in [-0.25, -0.2) is 0 Å². The van der Waals surface area contributed by atoms with E-state index in [1.54, 1.807) is 0 Å². The summed E-state index contributed by atoms with van der Waals surface area (Å²) in [6, 6.07) is 7.82. The molecule has 0 spiro atoms. The third-order valence-corrected chi connectivity index (χ3v) is 3.04. The zero-order chi connectivity index (χ0) is 11.0. The maximum atomic E-state index is 12.0. The van der Waals surface area contributed by atoms with Gasteiger partial charge in [0.15, 0.2) is 5.78 Å². The minimum absolute atomic E-state index is 0.123. The second-order valence-corrected chi connectivity index (χ2v) is 4.09. The lowest BCUT2D eigenvalue weighted by Crippen LogP contribution is -2.34. The SMILES string of the molecule is O=C1CC([C]2[CH][CH][CH][CH]2)Nc2ccccc21. The Morgan fingerprint density at radius 3 is 2.69 bits per heavy atom. The Labute approximate surface area is 96.1 Å². The summed E-state index contributed by atoms with van der Waals surface area (Å²) in [6.45, 7) is 0. The molecule has 1 aliphatic heterocycles. The van der Waals surface area contributed by atoms with Gasteiger partial charge in [-0.2, -0.15) is 0 Å². The number of para-hydroxylation sites is 1. The summed E-state index contributed by atoms with van der Waals surface area (Å²) in [5.74, 6) is 1.41. The van der Waals surface area contributed by atoms with Crippen molar-refractivity contribution in [2.45, 2.75) is 12.5 Å². The molecule has 0 bridgehead atoms. The van der Waals surface area contributed by atoms with Crippen LogP contribution in [0.25, 0.3) is 0 Å². The maximum absolute atomic E-state index is 12.0. The molecule has 2 nitrogen and oxygen atoms in total. The lowest BCUT2D eigenvalue weighted by atomic mass is 9.88. The number of fused-ring (bicyclic) bond motifs is 1. The Balaban J connectivity index is 1.85. The lowest BCUT2D eigenvalue weighted by Gasteiger charge is -2.29. The molecule has 5 radical (unpaired) electrons. The normalized spacial score (nSPS) is 25.2. The monoisotopic (exact) mass is 210 g/mol. The van der Waals surface area contributed by atoms with Gasteiger partial charge in [-0.05, 0) is 37.8 Å². The van der Waals surface area contributed by atoms with Gasteiger partial charge in [0.1, 0.15) is 0 Å². The molecule has 0 aromatic heterocycles. The highest BCUT2D eigenvalue weighted by molar-refractivity contribution is 6.03. The molecular formula is C14H12NO. The number of nitrogens with one attached hydrogen (secondary N) is 1. The Morgan fingerprint density at radius 2 is 1.88 bits per heavy atom. The van der Waals surface area contributed by atoms with Gasteiger partial charge >= 0.3 is 0 Å². The highest BCUT2D eigenvalue weighted by Gasteiger charge is 2.32. The van der Waals surface area contributed by atoms with E-state index in [1.807, 2.05) is 37.1 Å². The highest BCUT2D eigenvalue weighted by atomic mass is 16.1. The van der Waals surface area contributed by atoms with Crippen LogP contribution >= 0.6 is 0 Å². The van der Waals surface area contributed by atoms with Gasteiger partial charge < -0.3 is 5.32 Å². The summed E-state index contributed by atoms with van der Waals surface area (Å²) in [5, 5.41) is 3.41. The standard InChI is InChI=1S/C14H12NO/c16-14-9-13(10-5-1-2-6-10)15-12-8-4-3-7-11(12)14/h1-8,13,15H,9H2. The zero-order valence-electron chi connectivity index (χ0n) is 8.81. The van der Waals surface area contributed by atoms with Crippen molar-refractivity contribution in [3.8, 4) is 0 Å². The van der Waals surface area contributed by atoms with E-state index in [2.05, 4.69) is 18.2 Å². The molecule has 0 amide bonds. The predicted octanol–water partition coefficient (Wildman–Crippen LogP) is 2.46. The van der Waals surface area contributed by atoms with Crippen LogP contribution in [-0.2, 0) is 0 Å². The van der Waals surface area contributed by atoms with Crippen molar-refractivity contribution in [1.29, 1.82) is 0 Å². The summed E-state index contributed by atoms with van der Waals surface area (Å²) in [7, 11) is 0. The van der Waals surface area contributed by atoms with Crippen molar-refractivity contribution < 1.29 is 4.79 Å². The molecule has 1 unspecified atom stereocenters. The fraction of sp³-hybridized carbons (Fsp3) is 0.143. The molecule has 1 aromatic carbocycles. The Hall–Kier alpha value is -1.31. The molecule has 1 aliphatic carbocycles. The predicted molar refractivity (Wildman–Crippen MR) is 63.2 cm³/mol. The smallest absolute Gasteiger partial charge is 0.167 e. The first kappa shape index (κ1) is 9.88. The Bertz CT molecular complexity index is 407. The minimum atomic E-state index is 0.123. The van der Waals surface area contributed by atoms with E-state index >= 15 is 0 Å². The zero-order valence-corrected chi connectivity index (χ0v) is 8.81. The van der Waals surface area contributed by atoms with Crippen molar-refractivity contribution in [3.05, 3.63) is 61.4 Å². The van der Waals surface area contributed by atoms with Crippen LogP contribution in [0.2, 0.25) is 0 Å². The fourth-order valence-electron chi connectivity index (χ4n) is 2.21. The van der Waals surface area contributed by atoms with Crippen LogP contribution in [0.15, 0.2) is 24.3 Å². The number of anilines is 1. The van der Waals surface area contributed by atoms with Crippen LogP contribution in [0.3, 0.4) is 0 Å². The molecule has 1 saturated carbocycles. The molecule has 79 valence electrons. The van der Waals surface area contributed by atoms with E-state index in [0.29, 0.717) is 6.42 Å². The first-order valence-corrected chi connectivity index (χ1v) is 5.45. The van der Waals surface area contributed by atoms with Gasteiger partial charge in [0.2, 0.25) is 0 Å². The van der Waals surface area contributed by atoms with Gasteiger partial charge in [-0.1, -0.05) is 12.1 Å². The number of carbonyl (C=O) groups is 1. The quantitative estimate of drug-likeness (QED) is 0.771. The van der Waals surface area contributed by atoms with Crippen molar-refractivity contribution in [1.82, 2.24) is 0 Å². The van der Waals surface area contributed by atoms with Gasteiger partial charge in [-0.15, -0.1) is 0 Å². The minimum Gasteiger partial charge on any atom is -0.381 e. The number of benzene rings is 1. The summed E-state index contributed by atoms with van der Waals surface area (Å²) in [6.07, 6.45) is 8.66. The van der Waals surface area contributed by atoms with E-state index in [4.69, 9.17) is 0 Å². The molecule has 2 aliphatic rings. The third-order valence-electron chi connectivity index (χ3n) is 3.04. The molecule has 16 heavy (non-hydrogen) atoms. The molecular weight excluding hydrogens is 198 g/mol. The molecule has 0 saturated heterocycles. The number of Topliss-reactive ketones (excluding diaryl/α,β-unsaturated/α-hetero) is 1. The first-order chi connectivity index (χ1) is 7.84. The van der Waals surface area contributed by atoms with E-state index < -0.39 is 0 Å². The molecule has 1 fully saturated rings. The van der Waals surface area contributed by atoms with E-state index in [9.17, 15) is 4.79 Å².